The van der Waals surface area contributed by atoms with Crippen LogP contribution in [-0.4, -0.2) is 11.2 Å². The maximum absolute atomic E-state index is 10.3. The van der Waals surface area contributed by atoms with Gasteiger partial charge in [-0.05, 0) is 110 Å². The van der Waals surface area contributed by atoms with Crippen LogP contribution in [-0.2, 0) is 0 Å². The Kier molecular flexibility index (Phi) is 6.53. The van der Waals surface area contributed by atoms with Crippen LogP contribution in [0.5, 0.6) is 0 Å². The van der Waals surface area contributed by atoms with Crippen molar-refractivity contribution in [2.24, 2.45) is 51.8 Å². The van der Waals surface area contributed by atoms with Gasteiger partial charge in [0.1, 0.15) is 0 Å². The number of aliphatic hydroxyl groups excluding tert-OH is 1. The molecular weight excluding hydrogens is 376 g/mol. The smallest absolute Gasteiger partial charge is 0.0543 e. The largest absolute Gasteiger partial charge is 0.393 e. The summed E-state index contributed by atoms with van der Waals surface area (Å²) in [5.41, 5.74) is 3.14. The van der Waals surface area contributed by atoms with E-state index in [9.17, 15) is 5.11 Å². The van der Waals surface area contributed by atoms with Gasteiger partial charge in [-0.3, -0.25) is 0 Å². The summed E-state index contributed by atoms with van der Waals surface area (Å²) in [6.45, 7) is 17.8. The molecule has 3 saturated carbocycles. The first kappa shape index (κ1) is 23.8. The Morgan fingerprint density at radius 3 is 2.39 bits per heavy atom. The summed E-state index contributed by atoms with van der Waals surface area (Å²) in [7, 11) is 0. The van der Waals surface area contributed by atoms with E-state index in [-0.39, 0.29) is 6.10 Å². The zero-order valence-electron chi connectivity index (χ0n) is 21.8. The van der Waals surface area contributed by atoms with Crippen LogP contribution in [0.4, 0.5) is 0 Å². The zero-order chi connectivity index (χ0) is 22.6. The first-order chi connectivity index (χ1) is 14.6. The Balaban J connectivity index is 1.55. The van der Waals surface area contributed by atoms with Crippen LogP contribution in [0.15, 0.2) is 11.6 Å². The second-order valence-corrected chi connectivity index (χ2v) is 13.5. The highest BCUT2D eigenvalue weighted by atomic mass is 16.3. The van der Waals surface area contributed by atoms with Crippen molar-refractivity contribution in [2.45, 2.75) is 125 Å². The van der Waals surface area contributed by atoms with E-state index in [1.165, 1.54) is 57.8 Å². The van der Waals surface area contributed by atoms with Gasteiger partial charge in [0.2, 0.25) is 0 Å². The molecule has 1 nitrogen and oxygen atoms in total. The fraction of sp³-hybridized carbons (Fsp3) is 0.933. The van der Waals surface area contributed by atoms with Crippen molar-refractivity contribution in [1.29, 1.82) is 0 Å². The fourth-order valence-corrected chi connectivity index (χ4v) is 9.51. The maximum atomic E-state index is 10.3. The van der Waals surface area contributed by atoms with Crippen molar-refractivity contribution in [3.8, 4) is 0 Å². The molecule has 9 unspecified atom stereocenters. The summed E-state index contributed by atoms with van der Waals surface area (Å²) >= 11 is 0. The summed E-state index contributed by atoms with van der Waals surface area (Å²) in [4.78, 5) is 0. The van der Waals surface area contributed by atoms with Crippen molar-refractivity contribution in [1.82, 2.24) is 0 Å². The Morgan fingerprint density at radius 1 is 0.968 bits per heavy atom. The summed E-state index contributed by atoms with van der Waals surface area (Å²) < 4.78 is 0. The van der Waals surface area contributed by atoms with Gasteiger partial charge in [-0.2, -0.15) is 0 Å². The fourth-order valence-electron chi connectivity index (χ4n) is 9.51. The van der Waals surface area contributed by atoms with Gasteiger partial charge in [-0.1, -0.05) is 73.0 Å². The summed E-state index contributed by atoms with van der Waals surface area (Å²) in [5.74, 6) is 4.97. The summed E-state index contributed by atoms with van der Waals surface area (Å²) in [6, 6.07) is 0. The molecule has 4 aliphatic carbocycles. The van der Waals surface area contributed by atoms with Crippen molar-refractivity contribution in [2.75, 3.05) is 0 Å². The predicted molar refractivity (Wildman–Crippen MR) is 133 cm³/mol. The molecular formula is C30H52O. The highest BCUT2D eigenvalue weighted by Gasteiger charge is 2.63. The second-order valence-electron chi connectivity index (χ2n) is 13.5. The van der Waals surface area contributed by atoms with Crippen molar-refractivity contribution in [3.05, 3.63) is 11.6 Å². The molecule has 0 bridgehead atoms. The Bertz CT molecular complexity index is 678. The van der Waals surface area contributed by atoms with Crippen molar-refractivity contribution in [3.63, 3.8) is 0 Å². The molecule has 0 aromatic heterocycles. The van der Waals surface area contributed by atoms with Crippen LogP contribution in [0.3, 0.4) is 0 Å². The number of rotatable bonds is 6. The van der Waals surface area contributed by atoms with Crippen LogP contribution in [0, 0.1) is 51.8 Å². The van der Waals surface area contributed by atoms with Gasteiger partial charge in [-0.25, -0.2) is 0 Å². The van der Waals surface area contributed by atoms with Gasteiger partial charge in [-0.15, -0.1) is 0 Å². The number of allylic oxidation sites excluding steroid dienone is 2. The van der Waals surface area contributed by atoms with Crippen LogP contribution < -0.4 is 0 Å². The molecule has 4 rings (SSSR count). The molecule has 0 aromatic rings. The number of hydrogen-bond donors (Lipinski definition) is 1. The molecule has 0 spiro atoms. The normalized spacial score (nSPS) is 46.7. The lowest BCUT2D eigenvalue weighted by Crippen LogP contribution is -2.53. The SMILES string of the molecule is CCC(CCC(C)C1CCC2(C)C3CCC4CC(O)CCC4(C)C3=CCC12C)C(C)C. The first-order valence-corrected chi connectivity index (χ1v) is 14.0. The van der Waals surface area contributed by atoms with Crippen LogP contribution in [0.25, 0.3) is 0 Å². The molecule has 0 heterocycles. The van der Waals surface area contributed by atoms with E-state index >= 15 is 0 Å². The van der Waals surface area contributed by atoms with Crippen molar-refractivity contribution >= 4 is 0 Å². The molecule has 0 saturated heterocycles. The molecule has 1 N–H and O–H groups in total. The second kappa shape index (κ2) is 8.48. The van der Waals surface area contributed by atoms with E-state index in [0.717, 1.165) is 42.4 Å². The standard InChI is InChI=1S/C30H52O/c1-8-22(20(2)3)10-9-21(4)25-14-17-30(7)27-12-11-23-19-24(31)13-16-28(23,5)26(27)15-18-29(25,30)6/h15,20-25,27,31H,8-14,16-19H2,1-7H3. The number of hydrogen-bond acceptors (Lipinski definition) is 1. The molecule has 0 aromatic carbocycles. The van der Waals surface area contributed by atoms with E-state index in [1.807, 2.05) is 5.57 Å². The number of aliphatic hydroxyl groups is 1. The maximum Gasteiger partial charge on any atom is 0.0543 e. The van der Waals surface area contributed by atoms with Gasteiger partial charge < -0.3 is 5.11 Å². The third-order valence-corrected chi connectivity index (χ3v) is 12.1. The Hall–Kier alpha value is -0.300. The minimum absolute atomic E-state index is 0.0471. The Morgan fingerprint density at radius 2 is 1.71 bits per heavy atom. The van der Waals surface area contributed by atoms with Crippen LogP contribution >= 0.6 is 0 Å². The summed E-state index contributed by atoms with van der Waals surface area (Å²) in [5, 5.41) is 10.3. The average Bonchev–Trinajstić information content (AvgIpc) is 3.00. The molecule has 178 valence electrons. The Labute approximate surface area is 193 Å². The molecule has 0 amide bonds. The first-order valence-electron chi connectivity index (χ1n) is 14.0. The minimum atomic E-state index is -0.0471. The molecule has 0 radical (unpaired) electrons. The quantitative estimate of drug-likeness (QED) is 0.421. The number of fused-ring (bicyclic) bond motifs is 5. The average molecular weight is 429 g/mol. The molecule has 1 heteroatoms. The summed E-state index contributed by atoms with van der Waals surface area (Å²) in [6.07, 6.45) is 17.1. The van der Waals surface area contributed by atoms with Gasteiger partial charge in [0, 0.05) is 0 Å². The molecule has 4 aliphatic rings. The van der Waals surface area contributed by atoms with E-state index in [1.54, 1.807) is 0 Å². The lowest BCUT2D eigenvalue weighted by Gasteiger charge is -2.61. The van der Waals surface area contributed by atoms with E-state index < -0.39 is 0 Å². The van der Waals surface area contributed by atoms with E-state index in [0.29, 0.717) is 22.2 Å². The lowest BCUT2D eigenvalue weighted by atomic mass is 9.44. The molecule has 0 aliphatic heterocycles. The van der Waals surface area contributed by atoms with Crippen LogP contribution in [0.2, 0.25) is 0 Å². The third kappa shape index (κ3) is 3.68. The third-order valence-electron chi connectivity index (χ3n) is 12.1. The lowest BCUT2D eigenvalue weighted by molar-refractivity contribution is -0.0562. The van der Waals surface area contributed by atoms with E-state index in [2.05, 4.69) is 54.5 Å². The van der Waals surface area contributed by atoms with Crippen LogP contribution in [0.1, 0.15) is 119 Å². The minimum Gasteiger partial charge on any atom is -0.393 e. The van der Waals surface area contributed by atoms with Gasteiger partial charge in [0.05, 0.1) is 6.10 Å². The highest BCUT2D eigenvalue weighted by molar-refractivity contribution is 5.31. The molecule has 31 heavy (non-hydrogen) atoms. The molecule has 3 fully saturated rings. The zero-order valence-corrected chi connectivity index (χ0v) is 21.8. The monoisotopic (exact) mass is 428 g/mol. The van der Waals surface area contributed by atoms with Crippen molar-refractivity contribution < 1.29 is 5.11 Å². The van der Waals surface area contributed by atoms with Gasteiger partial charge >= 0.3 is 0 Å². The highest BCUT2D eigenvalue weighted by Crippen LogP contribution is 2.71. The van der Waals surface area contributed by atoms with Gasteiger partial charge in [0.25, 0.3) is 0 Å². The topological polar surface area (TPSA) is 20.2 Å². The molecule has 9 atom stereocenters. The van der Waals surface area contributed by atoms with Gasteiger partial charge in [0.15, 0.2) is 0 Å². The van der Waals surface area contributed by atoms with E-state index in [4.69, 9.17) is 0 Å². The predicted octanol–water partition coefficient (Wildman–Crippen LogP) is 8.41.